The Balaban J connectivity index is 1.37. The number of hydrogen-bond acceptors (Lipinski definition) is 6. The van der Waals surface area contributed by atoms with Crippen LogP contribution in [-0.2, 0) is 4.79 Å². The normalized spacial score (nSPS) is 13.2. The number of fused-ring (bicyclic) bond motifs is 1. The van der Waals surface area contributed by atoms with Gasteiger partial charge in [0.1, 0.15) is 5.75 Å². The second-order valence-corrected chi connectivity index (χ2v) is 9.27. The molecule has 178 valence electrons. The number of para-hydroxylation sites is 1. The van der Waals surface area contributed by atoms with Crippen molar-refractivity contribution >= 4 is 39.9 Å². The fourth-order valence-electron chi connectivity index (χ4n) is 4.24. The van der Waals surface area contributed by atoms with Crippen LogP contribution in [-0.4, -0.2) is 41.4 Å². The maximum Gasteiger partial charge on any atom is 0.266 e. The molecule has 8 heteroatoms. The van der Waals surface area contributed by atoms with E-state index >= 15 is 0 Å². The van der Waals surface area contributed by atoms with Gasteiger partial charge in [-0.1, -0.05) is 30.0 Å². The molecule has 1 aromatic heterocycles. The van der Waals surface area contributed by atoms with Crippen LogP contribution in [0.3, 0.4) is 0 Å². The Bertz CT molecular complexity index is 1410. The minimum atomic E-state index is -0.190. The molecule has 0 saturated carbocycles. The van der Waals surface area contributed by atoms with Crippen LogP contribution in [0.5, 0.6) is 5.75 Å². The highest BCUT2D eigenvalue weighted by Crippen LogP contribution is 2.25. The van der Waals surface area contributed by atoms with Crippen molar-refractivity contribution in [1.29, 1.82) is 0 Å². The molecule has 4 aromatic rings. The molecule has 1 fully saturated rings. The van der Waals surface area contributed by atoms with E-state index in [4.69, 9.17) is 9.72 Å². The minimum absolute atomic E-state index is 0.114. The summed E-state index contributed by atoms with van der Waals surface area (Å²) >= 11 is 1.23. The third-order valence-electron chi connectivity index (χ3n) is 6.01. The average Bonchev–Trinajstić information content (AvgIpc) is 3.43. The number of amides is 1. The standard InChI is InChI=1S/C27H26N4O3S/c1-34-22-8-6-7-21(17-22)31-26(33)23-9-2-3-10-24(23)29-27(31)35-18-25(32)28-19-11-13-20(14-12-19)30-15-4-5-16-30/h2-3,6-14,17H,4-5,15-16,18H2,1H3,(H,28,32). The van der Waals surface area contributed by atoms with E-state index in [1.54, 1.807) is 25.3 Å². The molecule has 5 rings (SSSR count). The molecule has 0 spiro atoms. The van der Waals surface area contributed by atoms with Crippen LogP contribution in [0.25, 0.3) is 16.6 Å². The monoisotopic (exact) mass is 486 g/mol. The first-order valence-corrected chi connectivity index (χ1v) is 12.5. The number of thioether (sulfide) groups is 1. The summed E-state index contributed by atoms with van der Waals surface area (Å²) in [5, 5.41) is 3.91. The van der Waals surface area contributed by atoms with E-state index in [9.17, 15) is 9.59 Å². The van der Waals surface area contributed by atoms with E-state index in [1.165, 1.54) is 34.9 Å². The van der Waals surface area contributed by atoms with Crippen molar-refractivity contribution in [1.82, 2.24) is 9.55 Å². The van der Waals surface area contributed by atoms with Gasteiger partial charge in [-0.05, 0) is 61.4 Å². The molecule has 35 heavy (non-hydrogen) atoms. The summed E-state index contributed by atoms with van der Waals surface area (Å²) in [6, 6.07) is 22.4. The lowest BCUT2D eigenvalue weighted by molar-refractivity contribution is -0.113. The second-order valence-electron chi connectivity index (χ2n) is 8.33. The van der Waals surface area contributed by atoms with Gasteiger partial charge in [0.05, 0.1) is 29.5 Å². The number of carbonyl (C=O) groups is 1. The topological polar surface area (TPSA) is 76.5 Å². The van der Waals surface area contributed by atoms with Crippen molar-refractivity contribution < 1.29 is 9.53 Å². The average molecular weight is 487 g/mol. The lowest BCUT2D eigenvalue weighted by atomic mass is 10.2. The Morgan fingerprint density at radius 1 is 1.00 bits per heavy atom. The van der Waals surface area contributed by atoms with E-state index in [0.717, 1.165) is 18.8 Å². The largest absolute Gasteiger partial charge is 0.497 e. The van der Waals surface area contributed by atoms with Crippen molar-refractivity contribution in [2.45, 2.75) is 18.0 Å². The van der Waals surface area contributed by atoms with Gasteiger partial charge < -0.3 is 15.0 Å². The van der Waals surface area contributed by atoms with E-state index in [0.29, 0.717) is 27.5 Å². The van der Waals surface area contributed by atoms with Gasteiger partial charge in [-0.15, -0.1) is 0 Å². The number of nitrogens with zero attached hydrogens (tertiary/aromatic N) is 3. The van der Waals surface area contributed by atoms with Crippen LogP contribution < -0.4 is 20.5 Å². The number of rotatable bonds is 7. The van der Waals surface area contributed by atoms with Crippen LogP contribution in [0.1, 0.15) is 12.8 Å². The van der Waals surface area contributed by atoms with Crippen molar-refractivity contribution in [3.8, 4) is 11.4 Å². The number of ether oxygens (including phenoxy) is 1. The fourth-order valence-corrected chi connectivity index (χ4v) is 5.06. The number of benzene rings is 3. The van der Waals surface area contributed by atoms with E-state index in [2.05, 4.69) is 10.2 Å². The minimum Gasteiger partial charge on any atom is -0.497 e. The summed E-state index contributed by atoms with van der Waals surface area (Å²) in [4.78, 5) is 33.2. The lowest BCUT2D eigenvalue weighted by Gasteiger charge is -2.17. The van der Waals surface area contributed by atoms with Crippen LogP contribution in [0, 0.1) is 0 Å². The smallest absolute Gasteiger partial charge is 0.266 e. The zero-order valence-corrected chi connectivity index (χ0v) is 20.3. The van der Waals surface area contributed by atoms with Crippen LogP contribution in [0.15, 0.2) is 82.7 Å². The lowest BCUT2D eigenvalue weighted by Crippen LogP contribution is -2.23. The number of anilines is 2. The summed E-state index contributed by atoms with van der Waals surface area (Å²) in [5.41, 5.74) is 2.96. The maximum atomic E-state index is 13.4. The summed E-state index contributed by atoms with van der Waals surface area (Å²) in [6.45, 7) is 2.16. The highest BCUT2D eigenvalue weighted by Gasteiger charge is 2.16. The van der Waals surface area contributed by atoms with Gasteiger partial charge in [-0.25, -0.2) is 4.98 Å². The van der Waals surface area contributed by atoms with Gasteiger partial charge >= 0.3 is 0 Å². The molecule has 7 nitrogen and oxygen atoms in total. The molecular formula is C27H26N4O3S. The van der Waals surface area contributed by atoms with Crippen molar-refractivity contribution in [3.05, 3.63) is 83.2 Å². The van der Waals surface area contributed by atoms with Crippen LogP contribution in [0.4, 0.5) is 11.4 Å². The third-order valence-corrected chi connectivity index (χ3v) is 6.95. The molecule has 1 saturated heterocycles. The number of aromatic nitrogens is 2. The molecule has 3 aromatic carbocycles. The van der Waals surface area contributed by atoms with E-state index < -0.39 is 0 Å². The summed E-state index contributed by atoms with van der Waals surface area (Å²) in [7, 11) is 1.58. The van der Waals surface area contributed by atoms with Gasteiger partial charge in [-0.2, -0.15) is 0 Å². The zero-order chi connectivity index (χ0) is 24.2. The van der Waals surface area contributed by atoms with Gasteiger partial charge in [0.15, 0.2) is 5.16 Å². The third kappa shape index (κ3) is 5.02. The number of carbonyl (C=O) groups excluding carboxylic acids is 1. The summed E-state index contributed by atoms with van der Waals surface area (Å²) in [5.74, 6) is 0.583. The molecule has 2 heterocycles. The zero-order valence-electron chi connectivity index (χ0n) is 19.4. The van der Waals surface area contributed by atoms with E-state index in [1.807, 2.05) is 54.6 Å². The number of nitrogens with one attached hydrogen (secondary N) is 1. The van der Waals surface area contributed by atoms with Crippen molar-refractivity contribution in [2.75, 3.05) is 36.2 Å². The molecule has 0 bridgehead atoms. The molecule has 1 aliphatic heterocycles. The Labute approximate surface area is 207 Å². The first-order valence-electron chi connectivity index (χ1n) is 11.6. The highest BCUT2D eigenvalue weighted by molar-refractivity contribution is 7.99. The second kappa shape index (κ2) is 10.2. The van der Waals surface area contributed by atoms with Crippen LogP contribution >= 0.6 is 11.8 Å². The Kier molecular flexibility index (Phi) is 6.72. The molecule has 0 atom stereocenters. The van der Waals surface area contributed by atoms with Crippen molar-refractivity contribution in [2.24, 2.45) is 0 Å². The molecule has 1 aliphatic rings. The molecule has 0 aliphatic carbocycles. The Morgan fingerprint density at radius 2 is 1.77 bits per heavy atom. The highest BCUT2D eigenvalue weighted by atomic mass is 32.2. The SMILES string of the molecule is COc1cccc(-n2c(SCC(=O)Nc3ccc(N4CCCC4)cc3)nc3ccccc3c2=O)c1. The van der Waals surface area contributed by atoms with Gasteiger partial charge in [0.2, 0.25) is 5.91 Å². The van der Waals surface area contributed by atoms with E-state index in [-0.39, 0.29) is 17.2 Å². The fraction of sp³-hybridized carbons (Fsp3) is 0.222. The first-order chi connectivity index (χ1) is 17.1. The predicted molar refractivity (Wildman–Crippen MR) is 141 cm³/mol. The van der Waals surface area contributed by atoms with Gasteiger partial charge in [-0.3, -0.25) is 14.2 Å². The molecule has 1 amide bonds. The molecule has 1 N–H and O–H groups in total. The van der Waals surface area contributed by atoms with Gasteiger partial charge in [0.25, 0.3) is 5.56 Å². The summed E-state index contributed by atoms with van der Waals surface area (Å²) < 4.78 is 6.87. The molecular weight excluding hydrogens is 460 g/mol. The predicted octanol–water partition coefficient (Wildman–Crippen LogP) is 4.73. The Hall–Kier alpha value is -3.78. The number of hydrogen-bond donors (Lipinski definition) is 1. The molecule has 0 radical (unpaired) electrons. The van der Waals surface area contributed by atoms with Crippen LogP contribution in [0.2, 0.25) is 0 Å². The maximum absolute atomic E-state index is 13.4. The Morgan fingerprint density at radius 3 is 2.54 bits per heavy atom. The molecule has 0 unspecified atom stereocenters. The quantitative estimate of drug-likeness (QED) is 0.301. The number of methoxy groups -OCH3 is 1. The summed E-state index contributed by atoms with van der Waals surface area (Å²) in [6.07, 6.45) is 2.44. The van der Waals surface area contributed by atoms with Gasteiger partial charge in [0, 0.05) is 30.5 Å². The van der Waals surface area contributed by atoms with Crippen molar-refractivity contribution in [3.63, 3.8) is 0 Å². The first kappa shape index (κ1) is 23.0.